The Kier molecular flexibility index (Phi) is 9.65. The van der Waals surface area contributed by atoms with Crippen LogP contribution in [0.2, 0.25) is 0 Å². The molecule has 3 atom stereocenters. The Bertz CT molecular complexity index is 646. The number of primary amides is 1. The summed E-state index contributed by atoms with van der Waals surface area (Å²) in [5.41, 5.74) is 6.36. The van der Waals surface area contributed by atoms with Crippen molar-refractivity contribution in [1.82, 2.24) is 10.6 Å². The smallest absolute Gasteiger partial charge is 0.320 e. The SMILES string of the molecule is CC(C)CC(N[C@@H](CC(C)C)C(=O)N[C@@H](Cc1ccccc1)C(N)=O)C(=O)O. The van der Waals surface area contributed by atoms with Gasteiger partial charge in [-0.3, -0.25) is 19.7 Å². The molecule has 0 saturated carbocycles. The van der Waals surface area contributed by atoms with Crippen LogP contribution in [0.5, 0.6) is 0 Å². The molecule has 0 radical (unpaired) electrons. The van der Waals surface area contributed by atoms with Crippen LogP contribution in [-0.4, -0.2) is 41.0 Å². The first-order chi connectivity index (χ1) is 13.1. The summed E-state index contributed by atoms with van der Waals surface area (Å²) in [5.74, 6) is -1.71. The van der Waals surface area contributed by atoms with Crippen LogP contribution in [0.15, 0.2) is 30.3 Å². The molecule has 0 spiro atoms. The molecule has 28 heavy (non-hydrogen) atoms. The Morgan fingerprint density at radius 2 is 1.46 bits per heavy atom. The van der Waals surface area contributed by atoms with Crippen molar-refractivity contribution < 1.29 is 19.5 Å². The summed E-state index contributed by atoms with van der Waals surface area (Å²) >= 11 is 0. The van der Waals surface area contributed by atoms with Crippen molar-refractivity contribution in [2.45, 2.75) is 65.1 Å². The summed E-state index contributed by atoms with van der Waals surface area (Å²) < 4.78 is 0. The number of amides is 2. The second-order valence-electron chi connectivity index (χ2n) is 8.02. The predicted octanol–water partition coefficient (Wildman–Crippen LogP) is 1.70. The highest BCUT2D eigenvalue weighted by Crippen LogP contribution is 2.11. The summed E-state index contributed by atoms with van der Waals surface area (Å²) in [6.45, 7) is 7.77. The highest BCUT2D eigenvalue weighted by molar-refractivity contribution is 5.89. The summed E-state index contributed by atoms with van der Waals surface area (Å²) in [6.07, 6.45) is 1.13. The molecule has 0 aromatic heterocycles. The molecule has 7 nitrogen and oxygen atoms in total. The predicted molar refractivity (Wildman–Crippen MR) is 109 cm³/mol. The van der Waals surface area contributed by atoms with Crippen LogP contribution in [0.3, 0.4) is 0 Å². The van der Waals surface area contributed by atoms with E-state index < -0.39 is 35.9 Å². The van der Waals surface area contributed by atoms with Crippen LogP contribution in [0.25, 0.3) is 0 Å². The van der Waals surface area contributed by atoms with Crippen molar-refractivity contribution in [3.63, 3.8) is 0 Å². The fraction of sp³-hybridized carbons (Fsp3) is 0.571. The Balaban J connectivity index is 2.91. The Labute approximate surface area is 167 Å². The van der Waals surface area contributed by atoms with Crippen LogP contribution >= 0.6 is 0 Å². The van der Waals surface area contributed by atoms with E-state index >= 15 is 0 Å². The van der Waals surface area contributed by atoms with Crippen molar-refractivity contribution in [2.75, 3.05) is 0 Å². The van der Waals surface area contributed by atoms with Crippen molar-refractivity contribution >= 4 is 17.8 Å². The molecule has 0 aliphatic carbocycles. The maximum absolute atomic E-state index is 12.9. The fourth-order valence-corrected chi connectivity index (χ4v) is 3.02. The molecule has 1 aromatic carbocycles. The van der Waals surface area contributed by atoms with E-state index in [0.717, 1.165) is 5.56 Å². The molecule has 156 valence electrons. The van der Waals surface area contributed by atoms with Gasteiger partial charge in [-0.1, -0.05) is 58.0 Å². The molecule has 2 amide bonds. The summed E-state index contributed by atoms with van der Waals surface area (Å²) in [4.78, 5) is 36.3. The molecule has 0 heterocycles. The summed E-state index contributed by atoms with van der Waals surface area (Å²) in [5, 5.41) is 15.1. The molecule has 1 rings (SSSR count). The minimum absolute atomic E-state index is 0.160. The summed E-state index contributed by atoms with van der Waals surface area (Å²) in [7, 11) is 0. The molecule has 1 aromatic rings. The maximum Gasteiger partial charge on any atom is 0.320 e. The average molecular weight is 392 g/mol. The first-order valence-corrected chi connectivity index (χ1v) is 9.72. The minimum Gasteiger partial charge on any atom is -0.480 e. The summed E-state index contributed by atoms with van der Waals surface area (Å²) in [6, 6.07) is 6.85. The molecule has 5 N–H and O–H groups in total. The molecule has 0 aliphatic rings. The Morgan fingerprint density at radius 3 is 1.93 bits per heavy atom. The van der Waals surface area contributed by atoms with Crippen LogP contribution in [0, 0.1) is 11.8 Å². The van der Waals surface area contributed by atoms with E-state index in [4.69, 9.17) is 5.73 Å². The van der Waals surface area contributed by atoms with E-state index in [1.165, 1.54) is 0 Å². The Morgan fingerprint density at radius 1 is 0.929 bits per heavy atom. The number of carboxylic acid groups (broad SMARTS) is 1. The molecule has 0 fully saturated rings. The van der Waals surface area contributed by atoms with Crippen molar-refractivity contribution in [1.29, 1.82) is 0 Å². The lowest BCUT2D eigenvalue weighted by Crippen LogP contribution is -2.56. The lowest BCUT2D eigenvalue weighted by Gasteiger charge is -2.26. The molecule has 0 aliphatic heterocycles. The largest absolute Gasteiger partial charge is 0.480 e. The van der Waals surface area contributed by atoms with Crippen LogP contribution < -0.4 is 16.4 Å². The van der Waals surface area contributed by atoms with Gasteiger partial charge in [0.1, 0.15) is 12.1 Å². The lowest BCUT2D eigenvalue weighted by atomic mass is 9.98. The third kappa shape index (κ3) is 8.52. The van der Waals surface area contributed by atoms with Gasteiger partial charge in [0.2, 0.25) is 11.8 Å². The first-order valence-electron chi connectivity index (χ1n) is 9.72. The minimum atomic E-state index is -0.994. The second kappa shape index (κ2) is 11.4. The van der Waals surface area contributed by atoms with Gasteiger partial charge in [0.15, 0.2) is 0 Å². The van der Waals surface area contributed by atoms with Crippen LogP contribution in [-0.2, 0) is 20.8 Å². The van der Waals surface area contributed by atoms with E-state index in [1.54, 1.807) is 0 Å². The van der Waals surface area contributed by atoms with Gasteiger partial charge >= 0.3 is 5.97 Å². The van der Waals surface area contributed by atoms with Gasteiger partial charge in [0, 0.05) is 6.42 Å². The maximum atomic E-state index is 12.9. The van der Waals surface area contributed by atoms with Gasteiger partial charge in [0.25, 0.3) is 0 Å². The van der Waals surface area contributed by atoms with Crippen molar-refractivity contribution in [3.8, 4) is 0 Å². The zero-order chi connectivity index (χ0) is 21.3. The average Bonchev–Trinajstić information content (AvgIpc) is 2.59. The van der Waals surface area contributed by atoms with Crippen molar-refractivity contribution in [2.24, 2.45) is 17.6 Å². The number of nitrogens with one attached hydrogen (secondary N) is 2. The van der Waals surface area contributed by atoms with Gasteiger partial charge in [-0.15, -0.1) is 0 Å². The highest BCUT2D eigenvalue weighted by atomic mass is 16.4. The number of benzene rings is 1. The normalized spacial score (nSPS) is 14.5. The van der Waals surface area contributed by atoms with Crippen molar-refractivity contribution in [3.05, 3.63) is 35.9 Å². The van der Waals surface area contributed by atoms with Gasteiger partial charge in [-0.2, -0.15) is 0 Å². The zero-order valence-electron chi connectivity index (χ0n) is 17.1. The fourth-order valence-electron chi connectivity index (χ4n) is 3.02. The quantitative estimate of drug-likeness (QED) is 0.432. The molecular weight excluding hydrogens is 358 g/mol. The third-order valence-corrected chi connectivity index (χ3v) is 4.37. The molecule has 1 unspecified atom stereocenters. The number of carboxylic acids is 1. The van der Waals surface area contributed by atoms with Gasteiger partial charge in [0.05, 0.1) is 6.04 Å². The number of hydrogen-bond donors (Lipinski definition) is 4. The number of carbonyl (C=O) groups excluding carboxylic acids is 2. The lowest BCUT2D eigenvalue weighted by molar-refractivity contribution is -0.140. The number of carbonyl (C=O) groups is 3. The monoisotopic (exact) mass is 391 g/mol. The molecule has 7 heteroatoms. The zero-order valence-corrected chi connectivity index (χ0v) is 17.1. The third-order valence-electron chi connectivity index (χ3n) is 4.37. The van der Waals surface area contributed by atoms with E-state index in [-0.39, 0.29) is 18.3 Å². The topological polar surface area (TPSA) is 122 Å². The van der Waals surface area contributed by atoms with Gasteiger partial charge in [-0.05, 0) is 30.2 Å². The van der Waals surface area contributed by atoms with Gasteiger partial charge < -0.3 is 16.2 Å². The molecular formula is C21H33N3O4. The van der Waals surface area contributed by atoms with E-state index in [2.05, 4.69) is 10.6 Å². The van der Waals surface area contributed by atoms with Crippen LogP contribution in [0.4, 0.5) is 0 Å². The van der Waals surface area contributed by atoms with E-state index in [1.807, 2.05) is 58.0 Å². The molecule has 0 bridgehead atoms. The van der Waals surface area contributed by atoms with Crippen LogP contribution in [0.1, 0.15) is 46.1 Å². The number of hydrogen-bond acceptors (Lipinski definition) is 4. The molecule has 0 saturated heterocycles. The second-order valence-corrected chi connectivity index (χ2v) is 8.02. The number of aliphatic carboxylic acids is 1. The highest BCUT2D eigenvalue weighted by Gasteiger charge is 2.29. The standard InChI is InChI=1S/C21H33N3O4/c1-13(2)10-17(23-18(21(27)28)11-14(3)4)20(26)24-16(19(22)25)12-15-8-6-5-7-9-15/h5-9,13-14,16-18,23H,10-12H2,1-4H3,(H2,22,25)(H,24,26)(H,27,28)/t16-,17-,18?/m0/s1. The van der Waals surface area contributed by atoms with E-state index in [9.17, 15) is 19.5 Å². The first kappa shape index (κ1) is 23.6. The Hall–Kier alpha value is -2.41. The number of nitrogens with two attached hydrogens (primary N) is 1. The number of rotatable bonds is 12. The van der Waals surface area contributed by atoms with E-state index in [0.29, 0.717) is 12.8 Å². The van der Waals surface area contributed by atoms with Gasteiger partial charge in [-0.25, -0.2) is 0 Å².